The molecule has 0 saturated carbocycles. The maximum Gasteiger partial charge on any atom is 0.326 e. The van der Waals surface area contributed by atoms with Gasteiger partial charge in [0.15, 0.2) is 0 Å². The first-order valence-corrected chi connectivity index (χ1v) is 10.6. The molecule has 1 aliphatic heterocycles. The Morgan fingerprint density at radius 2 is 2.04 bits per heavy atom. The van der Waals surface area contributed by atoms with Gasteiger partial charge in [0.25, 0.3) is 0 Å². The number of rotatable bonds is 10. The van der Waals surface area contributed by atoms with Gasteiger partial charge in [-0.15, -0.1) is 0 Å². The average Bonchev–Trinajstić information content (AvgIpc) is 2.62. The summed E-state index contributed by atoms with van der Waals surface area (Å²) < 4.78 is 5.62. The minimum absolute atomic E-state index is 0.0801. The average molecular weight is 409 g/mol. The fourth-order valence-electron chi connectivity index (χ4n) is 2.47. The van der Waals surface area contributed by atoms with Crippen molar-refractivity contribution < 1.29 is 29.3 Å². The molecular formula is C16H28N2O6S2. The van der Waals surface area contributed by atoms with Gasteiger partial charge in [0.2, 0.25) is 11.8 Å². The van der Waals surface area contributed by atoms with Crippen molar-refractivity contribution in [1.82, 2.24) is 10.6 Å². The Bertz CT molecular complexity index is 493. The molecule has 1 saturated heterocycles. The van der Waals surface area contributed by atoms with Crippen molar-refractivity contribution in [3.63, 3.8) is 0 Å². The van der Waals surface area contributed by atoms with Crippen molar-refractivity contribution >= 4 is 42.2 Å². The first-order chi connectivity index (χ1) is 12.3. The Morgan fingerprint density at radius 1 is 1.35 bits per heavy atom. The largest absolute Gasteiger partial charge is 0.480 e. The van der Waals surface area contributed by atoms with E-state index in [1.54, 1.807) is 6.92 Å². The highest BCUT2D eigenvalue weighted by atomic mass is 32.2. The van der Waals surface area contributed by atoms with Gasteiger partial charge in [-0.1, -0.05) is 6.92 Å². The molecule has 0 aromatic heterocycles. The van der Waals surface area contributed by atoms with Gasteiger partial charge in [-0.2, -0.15) is 24.4 Å². The maximum atomic E-state index is 12.3. The van der Waals surface area contributed by atoms with Gasteiger partial charge in [-0.05, 0) is 31.3 Å². The molecule has 8 nitrogen and oxygen atoms in total. The van der Waals surface area contributed by atoms with Crippen LogP contribution in [0.25, 0.3) is 0 Å². The molecule has 10 heteroatoms. The molecule has 26 heavy (non-hydrogen) atoms. The summed E-state index contributed by atoms with van der Waals surface area (Å²) in [4.78, 5) is 35.4. The van der Waals surface area contributed by atoms with Gasteiger partial charge >= 0.3 is 5.97 Å². The minimum Gasteiger partial charge on any atom is -0.480 e. The quantitative estimate of drug-likeness (QED) is 0.320. The normalized spacial score (nSPS) is 25.2. The van der Waals surface area contributed by atoms with Crippen molar-refractivity contribution in [1.29, 1.82) is 0 Å². The first-order valence-electron chi connectivity index (χ1n) is 8.54. The number of aliphatic hydroxyl groups is 1. The second-order valence-electron chi connectivity index (χ2n) is 6.32. The van der Waals surface area contributed by atoms with Gasteiger partial charge in [0, 0.05) is 18.2 Å². The lowest BCUT2D eigenvalue weighted by Crippen LogP contribution is -2.53. The van der Waals surface area contributed by atoms with Crippen molar-refractivity contribution in [2.24, 2.45) is 5.92 Å². The number of carboxylic acids is 1. The molecule has 2 amide bonds. The number of carbonyl (C=O) groups excluding carboxylic acids is 2. The van der Waals surface area contributed by atoms with Crippen LogP contribution in [0.3, 0.4) is 0 Å². The topological polar surface area (TPSA) is 125 Å². The van der Waals surface area contributed by atoms with E-state index in [-0.39, 0.29) is 18.4 Å². The van der Waals surface area contributed by atoms with E-state index in [4.69, 9.17) is 4.74 Å². The zero-order valence-electron chi connectivity index (χ0n) is 15.0. The number of hydrogen-bond acceptors (Lipinski definition) is 7. The fourth-order valence-corrected chi connectivity index (χ4v) is 3.11. The van der Waals surface area contributed by atoms with E-state index in [0.29, 0.717) is 30.8 Å². The molecule has 0 aromatic carbocycles. The molecule has 0 spiro atoms. The Balaban J connectivity index is 2.58. The van der Waals surface area contributed by atoms with Gasteiger partial charge < -0.3 is 25.6 Å². The lowest BCUT2D eigenvalue weighted by atomic mass is 10.00. The van der Waals surface area contributed by atoms with E-state index in [1.807, 2.05) is 6.26 Å². The van der Waals surface area contributed by atoms with Crippen LogP contribution in [0.1, 0.15) is 26.2 Å². The Hall–Kier alpha value is -0.970. The lowest BCUT2D eigenvalue weighted by Gasteiger charge is -2.34. The van der Waals surface area contributed by atoms with Crippen LogP contribution in [0, 0.1) is 5.92 Å². The second kappa shape index (κ2) is 11.7. The van der Waals surface area contributed by atoms with Crippen molar-refractivity contribution in [3.05, 3.63) is 0 Å². The zero-order valence-corrected chi connectivity index (χ0v) is 16.7. The smallest absolute Gasteiger partial charge is 0.326 e. The minimum atomic E-state index is -1.09. The van der Waals surface area contributed by atoms with E-state index in [2.05, 4.69) is 23.3 Å². The molecule has 150 valence electrons. The molecule has 0 aromatic rings. The van der Waals surface area contributed by atoms with Gasteiger partial charge in [0.05, 0.1) is 6.10 Å². The van der Waals surface area contributed by atoms with E-state index in [1.165, 1.54) is 11.8 Å². The number of thioether (sulfide) groups is 1. The molecule has 4 N–H and O–H groups in total. The molecule has 1 unspecified atom stereocenters. The summed E-state index contributed by atoms with van der Waals surface area (Å²) in [5.74, 6) is -1.06. The van der Waals surface area contributed by atoms with E-state index in [0.717, 1.165) is 0 Å². The SMILES string of the molecule is CSCCC(NC(=O)[C@@H]1CC[C@H](O)[C@@H](CNC(=O)[C@@H](C)CS)O1)C(=O)O. The van der Waals surface area contributed by atoms with Crippen LogP contribution in [0.5, 0.6) is 0 Å². The zero-order chi connectivity index (χ0) is 19.7. The summed E-state index contributed by atoms with van der Waals surface area (Å²) in [5.41, 5.74) is 0. The standard InChI is InChI=1S/C16H28N2O6S2/c1-9(8-25)14(20)17-7-13-11(19)3-4-12(24-13)15(21)18-10(16(22)23)5-6-26-2/h9-13,19,25H,3-8H2,1-2H3,(H,17,20)(H,18,21)(H,22,23)/t9-,10?,11-,12-,13+/m0/s1. The summed E-state index contributed by atoms with van der Waals surface area (Å²) in [6.45, 7) is 1.81. The van der Waals surface area contributed by atoms with Crippen molar-refractivity contribution in [2.75, 3.05) is 24.3 Å². The highest BCUT2D eigenvalue weighted by Gasteiger charge is 2.35. The van der Waals surface area contributed by atoms with Crippen LogP contribution in [-0.4, -0.2) is 76.7 Å². The Labute approximate surface area is 163 Å². The number of thiol groups is 1. The van der Waals surface area contributed by atoms with E-state index >= 15 is 0 Å². The molecule has 0 radical (unpaired) electrons. The molecular weight excluding hydrogens is 380 g/mol. The van der Waals surface area contributed by atoms with E-state index in [9.17, 15) is 24.6 Å². The Kier molecular flexibility index (Phi) is 10.4. The summed E-state index contributed by atoms with van der Waals surface area (Å²) >= 11 is 5.56. The first kappa shape index (κ1) is 23.1. The third kappa shape index (κ3) is 7.34. The number of aliphatic carboxylic acids is 1. The Morgan fingerprint density at radius 3 is 2.62 bits per heavy atom. The van der Waals surface area contributed by atoms with Crippen LogP contribution < -0.4 is 10.6 Å². The highest BCUT2D eigenvalue weighted by Crippen LogP contribution is 2.20. The van der Waals surface area contributed by atoms with Crippen LogP contribution in [0.4, 0.5) is 0 Å². The summed E-state index contributed by atoms with van der Waals surface area (Å²) in [7, 11) is 0. The van der Waals surface area contributed by atoms with E-state index < -0.39 is 36.2 Å². The van der Waals surface area contributed by atoms with Crippen molar-refractivity contribution in [2.45, 2.75) is 50.5 Å². The van der Waals surface area contributed by atoms with Crippen LogP contribution in [0.15, 0.2) is 0 Å². The number of carboxylic acid groups (broad SMARTS) is 1. The summed E-state index contributed by atoms with van der Waals surface area (Å²) in [5, 5.41) is 24.4. The van der Waals surface area contributed by atoms with Gasteiger partial charge in [0.1, 0.15) is 18.2 Å². The predicted molar refractivity (Wildman–Crippen MR) is 102 cm³/mol. The number of amides is 2. The van der Waals surface area contributed by atoms with Crippen LogP contribution >= 0.6 is 24.4 Å². The lowest BCUT2D eigenvalue weighted by molar-refractivity contribution is -0.157. The third-order valence-electron chi connectivity index (χ3n) is 4.21. The molecule has 5 atom stereocenters. The molecule has 1 aliphatic rings. The third-order valence-corrected chi connectivity index (χ3v) is 5.40. The number of aliphatic hydroxyl groups excluding tert-OH is 1. The maximum absolute atomic E-state index is 12.3. The molecule has 1 heterocycles. The van der Waals surface area contributed by atoms with Crippen molar-refractivity contribution in [3.8, 4) is 0 Å². The van der Waals surface area contributed by atoms with Crippen LogP contribution in [-0.2, 0) is 19.1 Å². The highest BCUT2D eigenvalue weighted by molar-refractivity contribution is 7.98. The number of ether oxygens (including phenoxy) is 1. The van der Waals surface area contributed by atoms with Gasteiger partial charge in [-0.3, -0.25) is 9.59 Å². The fraction of sp³-hybridized carbons (Fsp3) is 0.812. The molecule has 1 rings (SSSR count). The number of nitrogens with one attached hydrogen (secondary N) is 2. The molecule has 1 fully saturated rings. The van der Waals surface area contributed by atoms with Crippen LogP contribution in [0.2, 0.25) is 0 Å². The summed E-state index contributed by atoms with van der Waals surface area (Å²) in [6.07, 6.45) is 0.447. The number of carbonyl (C=O) groups is 3. The molecule has 0 aliphatic carbocycles. The second-order valence-corrected chi connectivity index (χ2v) is 7.67. The summed E-state index contributed by atoms with van der Waals surface area (Å²) in [6, 6.07) is -0.972. The number of hydrogen-bond donors (Lipinski definition) is 5. The monoisotopic (exact) mass is 408 g/mol. The van der Waals surface area contributed by atoms with Gasteiger partial charge in [-0.25, -0.2) is 4.79 Å². The molecule has 0 bridgehead atoms. The predicted octanol–water partition coefficient (Wildman–Crippen LogP) is -0.100.